The second-order valence-corrected chi connectivity index (χ2v) is 3.40. The van der Waals surface area contributed by atoms with Crippen molar-refractivity contribution < 1.29 is 4.74 Å². The lowest BCUT2D eigenvalue weighted by molar-refractivity contribution is 0.181. The molecule has 4 nitrogen and oxygen atoms in total. The van der Waals surface area contributed by atoms with Crippen molar-refractivity contribution in [1.29, 1.82) is 0 Å². The zero-order valence-corrected chi connectivity index (χ0v) is 9.44. The molecule has 1 unspecified atom stereocenters. The fourth-order valence-corrected chi connectivity index (χ4v) is 1.37. The minimum atomic E-state index is 0.200. The molecular formula is C11H19N3O. The van der Waals surface area contributed by atoms with Crippen molar-refractivity contribution >= 4 is 0 Å². The molecule has 0 radical (unpaired) electrons. The largest absolute Gasteiger partial charge is 0.385 e. The molecule has 0 aliphatic carbocycles. The highest BCUT2D eigenvalue weighted by Gasteiger charge is 2.12. The van der Waals surface area contributed by atoms with Crippen LogP contribution in [0.3, 0.4) is 0 Å². The van der Waals surface area contributed by atoms with Gasteiger partial charge in [0.1, 0.15) is 5.82 Å². The maximum Gasteiger partial charge on any atom is 0.145 e. The Labute approximate surface area is 91.1 Å². The van der Waals surface area contributed by atoms with E-state index >= 15 is 0 Å². The molecule has 1 N–H and O–H groups in total. The van der Waals surface area contributed by atoms with Gasteiger partial charge in [0.05, 0.1) is 6.04 Å². The molecule has 15 heavy (non-hydrogen) atoms. The SMILES string of the molecule is CCCNC(CCOC)c1ncccn1. The van der Waals surface area contributed by atoms with Gasteiger partial charge in [0, 0.05) is 26.1 Å². The first-order chi connectivity index (χ1) is 7.38. The normalized spacial score (nSPS) is 12.7. The van der Waals surface area contributed by atoms with Gasteiger partial charge in [-0.3, -0.25) is 0 Å². The molecule has 1 rings (SSSR count). The first-order valence-corrected chi connectivity index (χ1v) is 5.37. The Hall–Kier alpha value is -1.00. The van der Waals surface area contributed by atoms with Crippen molar-refractivity contribution in [3.05, 3.63) is 24.3 Å². The molecule has 0 aliphatic heterocycles. The van der Waals surface area contributed by atoms with Crippen molar-refractivity contribution in [3.8, 4) is 0 Å². The third kappa shape index (κ3) is 4.36. The van der Waals surface area contributed by atoms with Gasteiger partial charge in [-0.05, 0) is 25.5 Å². The monoisotopic (exact) mass is 209 g/mol. The van der Waals surface area contributed by atoms with E-state index in [2.05, 4.69) is 22.2 Å². The minimum absolute atomic E-state index is 0.200. The van der Waals surface area contributed by atoms with E-state index in [1.54, 1.807) is 19.5 Å². The summed E-state index contributed by atoms with van der Waals surface area (Å²) in [6, 6.07) is 2.03. The van der Waals surface area contributed by atoms with Gasteiger partial charge in [0.2, 0.25) is 0 Å². The minimum Gasteiger partial charge on any atom is -0.385 e. The van der Waals surface area contributed by atoms with Crippen LogP contribution in [0.2, 0.25) is 0 Å². The van der Waals surface area contributed by atoms with Gasteiger partial charge in [0.25, 0.3) is 0 Å². The number of nitrogens with one attached hydrogen (secondary N) is 1. The van der Waals surface area contributed by atoms with Crippen molar-refractivity contribution in [2.75, 3.05) is 20.3 Å². The second-order valence-electron chi connectivity index (χ2n) is 3.40. The van der Waals surface area contributed by atoms with Gasteiger partial charge in [-0.2, -0.15) is 0 Å². The molecule has 0 spiro atoms. The van der Waals surface area contributed by atoms with Crippen molar-refractivity contribution in [1.82, 2.24) is 15.3 Å². The van der Waals surface area contributed by atoms with E-state index in [0.29, 0.717) is 0 Å². The maximum absolute atomic E-state index is 5.08. The Morgan fingerprint density at radius 2 is 2.13 bits per heavy atom. The Morgan fingerprint density at radius 1 is 1.40 bits per heavy atom. The predicted molar refractivity (Wildman–Crippen MR) is 59.6 cm³/mol. The Bertz CT molecular complexity index is 245. The van der Waals surface area contributed by atoms with Crippen molar-refractivity contribution in [2.24, 2.45) is 0 Å². The lowest BCUT2D eigenvalue weighted by Crippen LogP contribution is -2.25. The smallest absolute Gasteiger partial charge is 0.145 e. The molecule has 84 valence electrons. The number of aromatic nitrogens is 2. The highest BCUT2D eigenvalue weighted by Crippen LogP contribution is 2.11. The van der Waals surface area contributed by atoms with E-state index in [1.165, 1.54) is 0 Å². The maximum atomic E-state index is 5.08. The van der Waals surface area contributed by atoms with Crippen LogP contribution in [-0.2, 0) is 4.74 Å². The summed E-state index contributed by atoms with van der Waals surface area (Å²) in [5.41, 5.74) is 0. The molecule has 1 aromatic rings. The fraction of sp³-hybridized carbons (Fsp3) is 0.636. The number of hydrogen-bond donors (Lipinski definition) is 1. The van der Waals surface area contributed by atoms with E-state index in [4.69, 9.17) is 4.74 Å². The van der Waals surface area contributed by atoms with Crippen LogP contribution in [0, 0.1) is 0 Å². The van der Waals surface area contributed by atoms with E-state index < -0.39 is 0 Å². The average molecular weight is 209 g/mol. The molecule has 1 aromatic heterocycles. The van der Waals surface area contributed by atoms with Crippen molar-refractivity contribution in [3.63, 3.8) is 0 Å². The van der Waals surface area contributed by atoms with Crippen molar-refractivity contribution in [2.45, 2.75) is 25.8 Å². The molecule has 0 bridgehead atoms. The van der Waals surface area contributed by atoms with Crippen LogP contribution in [-0.4, -0.2) is 30.2 Å². The summed E-state index contributed by atoms with van der Waals surface area (Å²) in [6.45, 7) is 3.85. The summed E-state index contributed by atoms with van der Waals surface area (Å²) in [7, 11) is 1.71. The quantitative estimate of drug-likeness (QED) is 0.740. The van der Waals surface area contributed by atoms with Crippen LogP contribution in [0.5, 0.6) is 0 Å². The van der Waals surface area contributed by atoms with E-state index in [1.807, 2.05) is 6.07 Å². The Balaban J connectivity index is 2.55. The summed E-state index contributed by atoms with van der Waals surface area (Å²) in [6.07, 6.45) is 5.56. The first-order valence-electron chi connectivity index (χ1n) is 5.37. The number of methoxy groups -OCH3 is 1. The van der Waals surface area contributed by atoms with Gasteiger partial charge in [-0.1, -0.05) is 6.92 Å². The van der Waals surface area contributed by atoms with Gasteiger partial charge >= 0.3 is 0 Å². The molecule has 0 amide bonds. The van der Waals surface area contributed by atoms with Crippen LogP contribution in [0.15, 0.2) is 18.5 Å². The van der Waals surface area contributed by atoms with Crippen LogP contribution in [0.1, 0.15) is 31.6 Å². The molecule has 0 aromatic carbocycles. The van der Waals surface area contributed by atoms with E-state index in [9.17, 15) is 0 Å². The van der Waals surface area contributed by atoms with Crippen LogP contribution < -0.4 is 5.32 Å². The standard InChI is InChI=1S/C11H19N3O/c1-3-6-12-10(5-9-15-2)11-13-7-4-8-14-11/h4,7-8,10,12H,3,5-6,9H2,1-2H3. The van der Waals surface area contributed by atoms with Gasteiger partial charge < -0.3 is 10.1 Å². The third-order valence-electron chi connectivity index (χ3n) is 2.15. The molecule has 0 fully saturated rings. The summed E-state index contributed by atoms with van der Waals surface area (Å²) >= 11 is 0. The Morgan fingerprint density at radius 3 is 2.73 bits per heavy atom. The average Bonchev–Trinajstić information content (AvgIpc) is 2.30. The third-order valence-corrected chi connectivity index (χ3v) is 2.15. The predicted octanol–water partition coefficient (Wildman–Crippen LogP) is 1.55. The second kappa shape index (κ2) is 7.31. The zero-order chi connectivity index (χ0) is 10.9. The molecule has 0 aliphatic rings. The van der Waals surface area contributed by atoms with Crippen LogP contribution in [0.25, 0.3) is 0 Å². The van der Waals surface area contributed by atoms with Crippen LogP contribution >= 0.6 is 0 Å². The van der Waals surface area contributed by atoms with Gasteiger partial charge in [0.15, 0.2) is 0 Å². The summed E-state index contributed by atoms with van der Waals surface area (Å²) in [4.78, 5) is 8.51. The van der Waals surface area contributed by atoms with E-state index in [-0.39, 0.29) is 6.04 Å². The number of nitrogens with zero attached hydrogens (tertiary/aromatic N) is 2. The molecule has 1 heterocycles. The van der Waals surface area contributed by atoms with Gasteiger partial charge in [-0.25, -0.2) is 9.97 Å². The number of ether oxygens (including phenoxy) is 1. The first kappa shape index (κ1) is 12.1. The highest BCUT2D eigenvalue weighted by atomic mass is 16.5. The Kier molecular flexibility index (Phi) is 5.88. The number of rotatable bonds is 7. The molecule has 1 atom stereocenters. The molecule has 0 saturated heterocycles. The topological polar surface area (TPSA) is 47.0 Å². The van der Waals surface area contributed by atoms with E-state index in [0.717, 1.165) is 31.8 Å². The molecular weight excluding hydrogens is 190 g/mol. The number of hydrogen-bond acceptors (Lipinski definition) is 4. The molecule has 4 heteroatoms. The highest BCUT2D eigenvalue weighted by molar-refractivity contribution is 4.95. The fourth-order valence-electron chi connectivity index (χ4n) is 1.37. The zero-order valence-electron chi connectivity index (χ0n) is 9.44. The molecule has 0 saturated carbocycles. The lowest BCUT2D eigenvalue weighted by Gasteiger charge is -2.16. The summed E-state index contributed by atoms with van der Waals surface area (Å²) in [5, 5.41) is 3.42. The summed E-state index contributed by atoms with van der Waals surface area (Å²) in [5.74, 6) is 0.850. The van der Waals surface area contributed by atoms with Crippen LogP contribution in [0.4, 0.5) is 0 Å². The summed E-state index contributed by atoms with van der Waals surface area (Å²) < 4.78 is 5.08. The van der Waals surface area contributed by atoms with Gasteiger partial charge in [-0.15, -0.1) is 0 Å². The lowest BCUT2D eigenvalue weighted by atomic mass is 10.2.